The van der Waals surface area contributed by atoms with Gasteiger partial charge in [0, 0.05) is 19.4 Å². The summed E-state index contributed by atoms with van der Waals surface area (Å²) in [6.07, 6.45) is 5.63. The molecule has 10 heteroatoms. The Bertz CT molecular complexity index is 987. The van der Waals surface area contributed by atoms with Gasteiger partial charge in [-0.25, -0.2) is 0 Å². The summed E-state index contributed by atoms with van der Waals surface area (Å²) in [4.78, 5) is 25.5. The zero-order chi connectivity index (χ0) is 29.0. The SMILES string of the molecule is CCCC(=O)N[C@@H](Cc1cc(I)c(OCc2ccccc2)c(I)c1)C(=O)NCCCNCCCNCCCCN. The molecule has 2 aromatic carbocycles. The van der Waals surface area contributed by atoms with Crippen LogP contribution >= 0.6 is 45.2 Å². The van der Waals surface area contributed by atoms with E-state index in [1.54, 1.807) is 0 Å². The molecule has 0 unspecified atom stereocenters. The summed E-state index contributed by atoms with van der Waals surface area (Å²) in [6, 6.07) is 13.5. The molecule has 0 fully saturated rings. The molecule has 0 aliphatic carbocycles. The lowest BCUT2D eigenvalue weighted by Crippen LogP contribution is -2.48. The number of hydrogen-bond acceptors (Lipinski definition) is 6. The van der Waals surface area contributed by atoms with Crippen LogP contribution < -0.4 is 31.7 Å². The second-order valence-corrected chi connectivity index (χ2v) is 12.1. The Balaban J connectivity index is 1.83. The van der Waals surface area contributed by atoms with Crippen molar-refractivity contribution in [3.63, 3.8) is 0 Å². The molecule has 0 heterocycles. The Labute approximate surface area is 267 Å². The Morgan fingerprint density at radius 1 is 0.875 bits per heavy atom. The highest BCUT2D eigenvalue weighted by Crippen LogP contribution is 2.30. The number of hydrogen-bond donors (Lipinski definition) is 5. The Hall–Kier alpha value is -1.48. The number of benzene rings is 2. The minimum atomic E-state index is -0.625. The second kappa shape index (κ2) is 21.3. The first kappa shape index (κ1) is 34.7. The van der Waals surface area contributed by atoms with Gasteiger partial charge in [-0.15, -0.1) is 0 Å². The van der Waals surface area contributed by atoms with Crippen LogP contribution in [0.25, 0.3) is 0 Å². The number of nitrogens with two attached hydrogens (primary N) is 1. The molecule has 6 N–H and O–H groups in total. The van der Waals surface area contributed by atoms with Crippen LogP contribution in [0.3, 0.4) is 0 Å². The van der Waals surface area contributed by atoms with Gasteiger partial charge in [0.1, 0.15) is 18.4 Å². The largest absolute Gasteiger partial charge is 0.487 e. The summed E-state index contributed by atoms with van der Waals surface area (Å²) in [5, 5.41) is 12.8. The third kappa shape index (κ3) is 14.4. The number of ether oxygens (including phenoxy) is 1. The zero-order valence-corrected chi connectivity index (χ0v) is 27.9. The highest BCUT2D eigenvalue weighted by atomic mass is 127. The maximum atomic E-state index is 13.1. The highest BCUT2D eigenvalue weighted by Gasteiger charge is 2.22. The average Bonchev–Trinajstić information content (AvgIpc) is 2.93. The first-order chi connectivity index (χ1) is 19.4. The number of rotatable bonds is 21. The van der Waals surface area contributed by atoms with Gasteiger partial charge in [0.05, 0.1) is 7.14 Å². The van der Waals surface area contributed by atoms with Gasteiger partial charge in [0.25, 0.3) is 0 Å². The number of amides is 2. The molecule has 2 aromatic rings. The third-order valence-corrected chi connectivity index (χ3v) is 7.80. The lowest BCUT2D eigenvalue weighted by molar-refractivity contribution is -0.129. The van der Waals surface area contributed by atoms with Crippen LogP contribution in [0, 0.1) is 7.14 Å². The van der Waals surface area contributed by atoms with Gasteiger partial charge in [-0.05, 0) is 133 Å². The van der Waals surface area contributed by atoms with Crippen molar-refractivity contribution < 1.29 is 14.3 Å². The summed E-state index contributed by atoms with van der Waals surface area (Å²) in [7, 11) is 0. The van der Waals surface area contributed by atoms with Gasteiger partial charge >= 0.3 is 0 Å². The van der Waals surface area contributed by atoms with Crippen LogP contribution in [0.5, 0.6) is 5.75 Å². The molecule has 0 saturated carbocycles. The van der Waals surface area contributed by atoms with Crippen molar-refractivity contribution in [1.29, 1.82) is 0 Å². The Morgan fingerprint density at radius 3 is 2.12 bits per heavy atom. The van der Waals surface area contributed by atoms with E-state index in [1.165, 1.54) is 0 Å². The normalized spacial score (nSPS) is 11.7. The van der Waals surface area contributed by atoms with Crippen LogP contribution in [0.15, 0.2) is 42.5 Å². The molecule has 2 rings (SSSR count). The zero-order valence-electron chi connectivity index (χ0n) is 23.6. The van der Waals surface area contributed by atoms with E-state index in [1.807, 2.05) is 49.4 Å². The van der Waals surface area contributed by atoms with Crippen LogP contribution in [-0.4, -0.2) is 57.1 Å². The highest BCUT2D eigenvalue weighted by molar-refractivity contribution is 14.1. The van der Waals surface area contributed by atoms with Crippen molar-refractivity contribution >= 4 is 57.0 Å². The standard InChI is InChI=1S/C30H45I2N5O3/c1-2-10-28(38)37-27(30(39)36-18-9-17-35-16-8-15-34-14-7-6-13-33)21-24-19-25(31)29(26(32)20-24)40-22-23-11-4-3-5-12-23/h3-5,11-12,19-20,27,34-35H,2,6-10,13-18,21-22,33H2,1H3,(H,36,39)(H,37,38)/t27-/m0/s1. The number of carbonyl (C=O) groups excluding carboxylic acids is 2. The fraction of sp³-hybridized carbons (Fsp3) is 0.533. The van der Waals surface area contributed by atoms with E-state index in [-0.39, 0.29) is 11.8 Å². The summed E-state index contributed by atoms with van der Waals surface area (Å²) in [5.74, 6) is 0.577. The molecule has 2 amide bonds. The van der Waals surface area contributed by atoms with Gasteiger partial charge in [-0.2, -0.15) is 0 Å². The van der Waals surface area contributed by atoms with Crippen molar-refractivity contribution in [3.05, 3.63) is 60.7 Å². The first-order valence-electron chi connectivity index (χ1n) is 14.3. The summed E-state index contributed by atoms with van der Waals surface area (Å²) < 4.78 is 8.06. The lowest BCUT2D eigenvalue weighted by atomic mass is 10.0. The number of carbonyl (C=O) groups is 2. The number of halogens is 2. The number of unbranched alkanes of at least 4 members (excludes halogenated alkanes) is 1. The van der Waals surface area contributed by atoms with E-state index in [9.17, 15) is 9.59 Å². The fourth-order valence-corrected chi connectivity index (χ4v) is 6.28. The van der Waals surface area contributed by atoms with E-state index in [4.69, 9.17) is 10.5 Å². The first-order valence-corrected chi connectivity index (χ1v) is 16.4. The van der Waals surface area contributed by atoms with Crippen molar-refractivity contribution in [3.8, 4) is 5.75 Å². The van der Waals surface area contributed by atoms with Crippen LogP contribution in [0.4, 0.5) is 0 Å². The predicted molar refractivity (Wildman–Crippen MR) is 179 cm³/mol. The second-order valence-electron chi connectivity index (χ2n) is 9.73. The van der Waals surface area contributed by atoms with Crippen molar-refractivity contribution in [2.24, 2.45) is 5.73 Å². The van der Waals surface area contributed by atoms with Gasteiger partial charge < -0.3 is 31.7 Å². The minimum absolute atomic E-state index is 0.104. The topological polar surface area (TPSA) is 118 Å². The molecule has 0 spiro atoms. The maximum Gasteiger partial charge on any atom is 0.242 e. The lowest BCUT2D eigenvalue weighted by Gasteiger charge is -2.20. The predicted octanol–water partition coefficient (Wildman–Crippen LogP) is 4.12. The molecule has 1 atom stereocenters. The van der Waals surface area contributed by atoms with Gasteiger partial charge in [0.15, 0.2) is 0 Å². The number of nitrogens with one attached hydrogen (secondary N) is 4. The summed E-state index contributed by atoms with van der Waals surface area (Å²) >= 11 is 4.55. The van der Waals surface area contributed by atoms with Crippen molar-refractivity contribution in [2.45, 2.75) is 64.5 Å². The van der Waals surface area contributed by atoms with Gasteiger partial charge in [0.2, 0.25) is 11.8 Å². The molecule has 0 aliphatic rings. The van der Waals surface area contributed by atoms with Gasteiger partial charge in [-0.1, -0.05) is 37.3 Å². The molecule has 0 radical (unpaired) electrons. The van der Waals surface area contributed by atoms with Crippen molar-refractivity contribution in [1.82, 2.24) is 21.3 Å². The minimum Gasteiger partial charge on any atom is -0.487 e. The van der Waals surface area contributed by atoms with Crippen LogP contribution in [-0.2, 0) is 22.6 Å². The molecule has 0 saturated heterocycles. The monoisotopic (exact) mass is 777 g/mol. The molecule has 0 aliphatic heterocycles. The smallest absolute Gasteiger partial charge is 0.242 e. The van der Waals surface area contributed by atoms with E-state index < -0.39 is 6.04 Å². The van der Waals surface area contributed by atoms with Crippen LogP contribution in [0.1, 0.15) is 56.6 Å². The quantitative estimate of drug-likeness (QED) is 0.0964. The third-order valence-electron chi connectivity index (χ3n) is 6.20. The van der Waals surface area contributed by atoms with E-state index in [0.717, 1.165) is 88.8 Å². The summed E-state index contributed by atoms with van der Waals surface area (Å²) in [6.45, 7) is 7.54. The van der Waals surface area contributed by atoms with Crippen molar-refractivity contribution in [2.75, 3.05) is 39.3 Å². The average molecular weight is 778 g/mol. The molecule has 40 heavy (non-hydrogen) atoms. The van der Waals surface area contributed by atoms with E-state index >= 15 is 0 Å². The Morgan fingerprint density at radius 2 is 1.50 bits per heavy atom. The molecule has 0 aromatic heterocycles. The maximum absolute atomic E-state index is 13.1. The molecular formula is C30H45I2N5O3. The summed E-state index contributed by atoms with van der Waals surface area (Å²) in [5.41, 5.74) is 7.59. The van der Waals surface area contributed by atoms with Gasteiger partial charge in [-0.3, -0.25) is 9.59 Å². The molecule has 8 nitrogen and oxygen atoms in total. The van der Waals surface area contributed by atoms with E-state index in [2.05, 4.69) is 66.4 Å². The molecular weight excluding hydrogens is 732 g/mol. The Kier molecular flexibility index (Phi) is 18.5. The molecule has 0 bridgehead atoms. The van der Waals surface area contributed by atoms with E-state index in [0.29, 0.717) is 26.0 Å². The fourth-order valence-electron chi connectivity index (χ4n) is 4.07. The molecule has 222 valence electrons. The van der Waals surface area contributed by atoms with Crippen LogP contribution in [0.2, 0.25) is 0 Å².